The molecule has 0 aromatic heterocycles. The van der Waals surface area contributed by atoms with Gasteiger partial charge in [-0.25, -0.2) is 4.79 Å². The molecule has 0 aromatic rings. The van der Waals surface area contributed by atoms with Crippen LogP contribution in [-0.4, -0.2) is 18.0 Å². The molecule has 0 aliphatic rings. The summed E-state index contributed by atoms with van der Waals surface area (Å²) >= 11 is 0. The Labute approximate surface area is 217 Å². The molecule has 0 saturated heterocycles. The number of unbranched alkanes of at least 4 members (excludes halogenated alkanes) is 13. The number of carbonyl (C=O) groups is 1. The van der Waals surface area contributed by atoms with E-state index >= 15 is 0 Å². The standard InChI is InChI=1S/C31H60F2O2/c1-5-9-12-13-14-15-20-23-28(8-4)24-21-16-17-22-27-31(32,33)30(34)35-29(25-18-10-6-2)26-19-11-7-3/h28-29H,5-27H2,1-4H3. The molecule has 4 heteroatoms. The molecule has 0 saturated carbocycles. The second-order valence-electron chi connectivity index (χ2n) is 10.9. The van der Waals surface area contributed by atoms with Gasteiger partial charge in [-0.2, -0.15) is 8.78 Å². The maximum atomic E-state index is 14.4. The summed E-state index contributed by atoms with van der Waals surface area (Å²) < 4.78 is 34.2. The number of rotatable bonds is 26. The van der Waals surface area contributed by atoms with E-state index in [9.17, 15) is 13.6 Å². The highest BCUT2D eigenvalue weighted by molar-refractivity contribution is 5.77. The summed E-state index contributed by atoms with van der Waals surface area (Å²) in [5.41, 5.74) is 0. The summed E-state index contributed by atoms with van der Waals surface area (Å²) in [5, 5.41) is 0. The van der Waals surface area contributed by atoms with E-state index in [4.69, 9.17) is 4.74 Å². The van der Waals surface area contributed by atoms with E-state index in [-0.39, 0.29) is 12.5 Å². The first-order chi connectivity index (χ1) is 16.9. The predicted octanol–water partition coefficient (Wildman–Crippen LogP) is 11.2. The summed E-state index contributed by atoms with van der Waals surface area (Å²) in [5.74, 6) is -3.87. The zero-order valence-electron chi connectivity index (χ0n) is 24.0. The monoisotopic (exact) mass is 502 g/mol. The fraction of sp³-hybridized carbons (Fsp3) is 0.968. The molecule has 1 atom stereocenters. The first-order valence-electron chi connectivity index (χ1n) is 15.5. The number of carbonyl (C=O) groups excluding carboxylic acids is 1. The van der Waals surface area contributed by atoms with E-state index < -0.39 is 11.9 Å². The number of alkyl halides is 2. The van der Waals surface area contributed by atoms with Gasteiger partial charge in [0.2, 0.25) is 0 Å². The maximum absolute atomic E-state index is 14.4. The average Bonchev–Trinajstić information content (AvgIpc) is 2.84. The number of esters is 1. The van der Waals surface area contributed by atoms with E-state index in [2.05, 4.69) is 27.7 Å². The lowest BCUT2D eigenvalue weighted by atomic mass is 9.92. The second kappa shape index (κ2) is 23.7. The lowest BCUT2D eigenvalue weighted by Crippen LogP contribution is -2.34. The van der Waals surface area contributed by atoms with Gasteiger partial charge in [0.05, 0.1) is 0 Å². The Morgan fingerprint density at radius 2 is 1.00 bits per heavy atom. The van der Waals surface area contributed by atoms with Gasteiger partial charge in [0.15, 0.2) is 0 Å². The molecule has 0 N–H and O–H groups in total. The molecule has 2 nitrogen and oxygen atoms in total. The fourth-order valence-electron chi connectivity index (χ4n) is 4.92. The van der Waals surface area contributed by atoms with Gasteiger partial charge in [-0.05, 0) is 38.0 Å². The Morgan fingerprint density at radius 1 is 0.600 bits per heavy atom. The van der Waals surface area contributed by atoms with Crippen molar-refractivity contribution in [2.45, 2.75) is 187 Å². The molecular weight excluding hydrogens is 442 g/mol. The zero-order valence-corrected chi connectivity index (χ0v) is 24.0. The highest BCUT2D eigenvalue weighted by atomic mass is 19.3. The summed E-state index contributed by atoms with van der Waals surface area (Å²) in [6.07, 6.45) is 23.3. The largest absolute Gasteiger partial charge is 0.458 e. The Morgan fingerprint density at radius 3 is 1.49 bits per heavy atom. The minimum Gasteiger partial charge on any atom is -0.458 e. The predicted molar refractivity (Wildman–Crippen MR) is 147 cm³/mol. The van der Waals surface area contributed by atoms with Gasteiger partial charge in [-0.3, -0.25) is 0 Å². The van der Waals surface area contributed by atoms with Crippen molar-refractivity contribution in [1.82, 2.24) is 0 Å². The molecule has 0 aromatic carbocycles. The third kappa shape index (κ3) is 20.1. The van der Waals surface area contributed by atoms with Crippen LogP contribution in [0.2, 0.25) is 0 Å². The number of hydrogen-bond acceptors (Lipinski definition) is 2. The van der Waals surface area contributed by atoms with Crippen LogP contribution >= 0.6 is 0 Å². The summed E-state index contributed by atoms with van der Waals surface area (Å²) in [6.45, 7) is 8.76. The highest BCUT2D eigenvalue weighted by Crippen LogP contribution is 2.27. The van der Waals surface area contributed by atoms with Gasteiger partial charge >= 0.3 is 11.9 Å². The van der Waals surface area contributed by atoms with Crippen molar-refractivity contribution in [3.8, 4) is 0 Å². The minimum absolute atomic E-state index is 0.353. The van der Waals surface area contributed by atoms with E-state index in [1.807, 2.05) is 0 Å². The van der Waals surface area contributed by atoms with Crippen LogP contribution in [0.25, 0.3) is 0 Å². The lowest BCUT2D eigenvalue weighted by molar-refractivity contribution is -0.179. The molecule has 0 spiro atoms. The van der Waals surface area contributed by atoms with Crippen LogP contribution in [0.3, 0.4) is 0 Å². The van der Waals surface area contributed by atoms with Crippen molar-refractivity contribution >= 4 is 5.97 Å². The Balaban J connectivity index is 4.09. The minimum atomic E-state index is -3.35. The first-order valence-corrected chi connectivity index (χ1v) is 15.5. The van der Waals surface area contributed by atoms with Gasteiger partial charge < -0.3 is 4.74 Å². The van der Waals surface area contributed by atoms with Crippen LogP contribution in [0, 0.1) is 5.92 Å². The molecule has 35 heavy (non-hydrogen) atoms. The maximum Gasteiger partial charge on any atom is 0.377 e. The van der Waals surface area contributed by atoms with Crippen LogP contribution in [0.5, 0.6) is 0 Å². The van der Waals surface area contributed by atoms with E-state index in [0.29, 0.717) is 19.3 Å². The average molecular weight is 503 g/mol. The molecule has 0 rings (SSSR count). The van der Waals surface area contributed by atoms with E-state index in [1.54, 1.807) is 0 Å². The summed E-state index contributed by atoms with van der Waals surface area (Å²) in [6, 6.07) is 0. The van der Waals surface area contributed by atoms with Gasteiger partial charge in [0, 0.05) is 6.42 Å². The van der Waals surface area contributed by atoms with Crippen LogP contribution in [0.4, 0.5) is 8.78 Å². The third-order valence-electron chi connectivity index (χ3n) is 7.48. The highest BCUT2D eigenvalue weighted by Gasteiger charge is 2.40. The van der Waals surface area contributed by atoms with Crippen molar-refractivity contribution in [2.75, 3.05) is 0 Å². The molecule has 0 radical (unpaired) electrons. The van der Waals surface area contributed by atoms with Crippen LogP contribution < -0.4 is 0 Å². The molecule has 1 unspecified atom stereocenters. The molecule has 0 heterocycles. The Hall–Kier alpha value is -0.670. The van der Waals surface area contributed by atoms with Crippen LogP contribution in [0.15, 0.2) is 0 Å². The van der Waals surface area contributed by atoms with Gasteiger partial charge in [-0.15, -0.1) is 0 Å². The number of hydrogen-bond donors (Lipinski definition) is 0. The van der Waals surface area contributed by atoms with Crippen molar-refractivity contribution in [3.63, 3.8) is 0 Å². The topological polar surface area (TPSA) is 26.3 Å². The molecule has 0 fully saturated rings. The third-order valence-corrected chi connectivity index (χ3v) is 7.48. The van der Waals surface area contributed by atoms with E-state index in [1.165, 1.54) is 64.2 Å². The van der Waals surface area contributed by atoms with Gasteiger partial charge in [0.1, 0.15) is 6.10 Å². The molecular formula is C31H60F2O2. The fourth-order valence-corrected chi connectivity index (χ4v) is 4.92. The molecule has 210 valence electrons. The Kier molecular flexibility index (Phi) is 23.3. The van der Waals surface area contributed by atoms with Crippen LogP contribution in [-0.2, 0) is 9.53 Å². The van der Waals surface area contributed by atoms with Crippen molar-refractivity contribution in [3.05, 3.63) is 0 Å². The Bertz CT molecular complexity index is 457. The normalized spacial score (nSPS) is 12.9. The summed E-state index contributed by atoms with van der Waals surface area (Å²) in [7, 11) is 0. The SMILES string of the molecule is CCCCCCCCCC(CC)CCCCCCC(F)(F)C(=O)OC(CCCCC)CCCCC. The van der Waals surface area contributed by atoms with Crippen molar-refractivity contribution in [2.24, 2.45) is 5.92 Å². The molecule has 0 aliphatic carbocycles. The quantitative estimate of drug-likeness (QED) is 0.0868. The molecule has 0 amide bonds. The van der Waals surface area contributed by atoms with Gasteiger partial charge in [0.25, 0.3) is 0 Å². The number of ether oxygens (including phenoxy) is 1. The zero-order chi connectivity index (χ0) is 26.2. The van der Waals surface area contributed by atoms with E-state index in [0.717, 1.165) is 63.7 Å². The molecule has 0 bridgehead atoms. The van der Waals surface area contributed by atoms with Gasteiger partial charge in [-0.1, -0.05) is 137 Å². The smallest absolute Gasteiger partial charge is 0.377 e. The van der Waals surface area contributed by atoms with Crippen molar-refractivity contribution < 1.29 is 18.3 Å². The summed E-state index contributed by atoms with van der Waals surface area (Å²) in [4.78, 5) is 12.2. The molecule has 0 aliphatic heterocycles. The number of halogens is 2. The second-order valence-corrected chi connectivity index (χ2v) is 10.9. The van der Waals surface area contributed by atoms with Crippen molar-refractivity contribution in [1.29, 1.82) is 0 Å². The lowest BCUT2D eigenvalue weighted by Gasteiger charge is -2.22. The van der Waals surface area contributed by atoms with Crippen LogP contribution in [0.1, 0.15) is 175 Å². The first kappa shape index (κ1) is 34.3.